The van der Waals surface area contributed by atoms with E-state index in [4.69, 9.17) is 0 Å². The van der Waals surface area contributed by atoms with Gasteiger partial charge in [0.05, 0.1) is 18.8 Å². The Labute approximate surface area is 344 Å². The van der Waals surface area contributed by atoms with E-state index in [-0.39, 0.29) is 12.5 Å². The molecule has 0 fully saturated rings. The average Bonchev–Trinajstić information content (AvgIpc) is 3.19. The summed E-state index contributed by atoms with van der Waals surface area (Å²) in [4.78, 5) is 12.3. The molecule has 0 aliphatic heterocycles. The zero-order chi connectivity index (χ0) is 40.0. The number of unbranched alkanes of at least 4 members (excludes halogenated alkanes) is 35. The summed E-state index contributed by atoms with van der Waals surface area (Å²) >= 11 is 0. The molecule has 4 nitrogen and oxygen atoms in total. The first-order valence-corrected chi connectivity index (χ1v) is 24.7. The maximum absolute atomic E-state index is 12.3. The van der Waals surface area contributed by atoms with Gasteiger partial charge in [0.1, 0.15) is 0 Å². The van der Waals surface area contributed by atoms with Crippen LogP contribution in [-0.2, 0) is 4.79 Å². The Bertz CT molecular complexity index is 836. The fourth-order valence-corrected chi connectivity index (χ4v) is 7.69. The van der Waals surface area contributed by atoms with Gasteiger partial charge in [-0.15, -0.1) is 0 Å². The van der Waals surface area contributed by atoms with E-state index in [1.807, 2.05) is 13.0 Å². The van der Waals surface area contributed by atoms with Gasteiger partial charge in [-0.25, -0.2) is 0 Å². The minimum Gasteiger partial charge on any atom is -0.394 e. The summed E-state index contributed by atoms with van der Waals surface area (Å²) in [6, 6.07) is -0.641. The smallest absolute Gasteiger partial charge is 0.220 e. The molecule has 0 aromatic carbocycles. The van der Waals surface area contributed by atoms with E-state index >= 15 is 0 Å². The van der Waals surface area contributed by atoms with Gasteiger partial charge in [0, 0.05) is 6.42 Å². The van der Waals surface area contributed by atoms with E-state index in [0.717, 1.165) is 38.5 Å². The zero-order valence-corrected chi connectivity index (χ0v) is 37.2. The van der Waals surface area contributed by atoms with Gasteiger partial charge < -0.3 is 15.5 Å². The number of allylic oxidation sites excluding steroid dienone is 5. The molecule has 324 valence electrons. The predicted octanol–water partition coefficient (Wildman–Crippen LogP) is 15.7. The largest absolute Gasteiger partial charge is 0.394 e. The van der Waals surface area contributed by atoms with Crippen LogP contribution in [0.4, 0.5) is 0 Å². The fourth-order valence-electron chi connectivity index (χ4n) is 7.69. The third-order valence-corrected chi connectivity index (χ3v) is 11.4. The number of hydrogen-bond donors (Lipinski definition) is 3. The Morgan fingerprint density at radius 3 is 1.05 bits per heavy atom. The van der Waals surface area contributed by atoms with Gasteiger partial charge in [-0.3, -0.25) is 4.79 Å². The number of nitrogens with one attached hydrogen (secondary N) is 1. The molecule has 0 heterocycles. The van der Waals surface area contributed by atoms with Crippen LogP contribution in [0, 0.1) is 0 Å². The predicted molar refractivity (Wildman–Crippen MR) is 244 cm³/mol. The van der Waals surface area contributed by atoms with E-state index in [9.17, 15) is 15.0 Å². The van der Waals surface area contributed by atoms with E-state index < -0.39 is 12.1 Å². The molecule has 0 aliphatic carbocycles. The molecule has 55 heavy (non-hydrogen) atoms. The Morgan fingerprint density at radius 2 is 0.745 bits per heavy atom. The molecule has 0 bridgehead atoms. The summed E-state index contributed by atoms with van der Waals surface area (Å²) in [5, 5.41) is 22.8. The minimum atomic E-state index is -0.865. The molecule has 0 radical (unpaired) electrons. The summed E-state index contributed by atoms with van der Waals surface area (Å²) in [5.41, 5.74) is 0. The van der Waals surface area contributed by atoms with Crippen LogP contribution < -0.4 is 5.32 Å². The molecule has 0 aromatic heterocycles. The Kier molecular flexibility index (Phi) is 45.8. The number of aliphatic hydroxyl groups excluding tert-OH is 2. The first kappa shape index (κ1) is 53.6. The van der Waals surface area contributed by atoms with Gasteiger partial charge >= 0.3 is 0 Å². The van der Waals surface area contributed by atoms with Crippen molar-refractivity contribution in [3.8, 4) is 0 Å². The van der Waals surface area contributed by atoms with Crippen molar-refractivity contribution in [3.63, 3.8) is 0 Å². The van der Waals surface area contributed by atoms with E-state index in [2.05, 4.69) is 36.5 Å². The second-order valence-electron chi connectivity index (χ2n) is 16.9. The Morgan fingerprint density at radius 1 is 0.455 bits per heavy atom. The van der Waals surface area contributed by atoms with Gasteiger partial charge in [0.2, 0.25) is 5.91 Å². The molecular weight excluding hydrogens is 675 g/mol. The van der Waals surface area contributed by atoms with Crippen LogP contribution in [-0.4, -0.2) is 34.9 Å². The maximum Gasteiger partial charge on any atom is 0.220 e. The van der Waals surface area contributed by atoms with Gasteiger partial charge in [0.15, 0.2) is 0 Å². The first-order valence-electron chi connectivity index (χ1n) is 24.7. The number of hydrogen-bond acceptors (Lipinski definition) is 3. The van der Waals surface area contributed by atoms with Crippen molar-refractivity contribution in [2.45, 2.75) is 276 Å². The van der Waals surface area contributed by atoms with Gasteiger partial charge in [-0.1, -0.05) is 255 Å². The van der Waals surface area contributed by atoms with Crippen LogP contribution in [0.3, 0.4) is 0 Å². The Balaban J connectivity index is 3.35. The van der Waals surface area contributed by atoms with E-state index in [0.29, 0.717) is 6.42 Å². The molecule has 0 rings (SSSR count). The molecule has 0 aliphatic rings. The van der Waals surface area contributed by atoms with Crippen molar-refractivity contribution >= 4 is 5.91 Å². The Hall–Kier alpha value is -1.39. The molecule has 0 saturated carbocycles. The van der Waals surface area contributed by atoms with Crippen molar-refractivity contribution in [2.75, 3.05) is 6.61 Å². The average molecular weight is 772 g/mol. The maximum atomic E-state index is 12.3. The lowest BCUT2D eigenvalue weighted by Crippen LogP contribution is -2.45. The summed E-state index contributed by atoms with van der Waals surface area (Å²) in [7, 11) is 0. The molecule has 4 heteroatoms. The van der Waals surface area contributed by atoms with Crippen LogP contribution in [0.1, 0.15) is 264 Å². The lowest BCUT2D eigenvalue weighted by atomic mass is 10.0. The quantitative estimate of drug-likeness (QED) is 0.0426. The number of amides is 1. The highest BCUT2D eigenvalue weighted by Gasteiger charge is 2.17. The van der Waals surface area contributed by atoms with Crippen molar-refractivity contribution in [1.29, 1.82) is 0 Å². The lowest BCUT2D eigenvalue weighted by Gasteiger charge is -2.19. The molecular formula is C51H97NO3. The van der Waals surface area contributed by atoms with Crippen LogP contribution in [0.25, 0.3) is 0 Å². The molecule has 2 atom stereocenters. The third-order valence-electron chi connectivity index (χ3n) is 11.4. The molecule has 3 N–H and O–H groups in total. The number of carbonyl (C=O) groups excluding carboxylic acids is 1. The minimum absolute atomic E-state index is 0.0774. The van der Waals surface area contributed by atoms with Gasteiger partial charge in [0.25, 0.3) is 0 Å². The van der Waals surface area contributed by atoms with Crippen LogP contribution in [0.15, 0.2) is 36.5 Å². The van der Waals surface area contributed by atoms with E-state index in [1.165, 1.54) is 205 Å². The molecule has 0 spiro atoms. The van der Waals surface area contributed by atoms with Crippen molar-refractivity contribution in [3.05, 3.63) is 36.5 Å². The lowest BCUT2D eigenvalue weighted by molar-refractivity contribution is -0.123. The number of aliphatic hydroxyl groups is 2. The normalized spacial score (nSPS) is 13.2. The molecule has 1 amide bonds. The van der Waals surface area contributed by atoms with Gasteiger partial charge in [-0.2, -0.15) is 0 Å². The topological polar surface area (TPSA) is 69.6 Å². The highest BCUT2D eigenvalue weighted by atomic mass is 16.3. The van der Waals surface area contributed by atoms with Crippen molar-refractivity contribution in [2.24, 2.45) is 0 Å². The number of carbonyl (C=O) groups is 1. The molecule has 2 unspecified atom stereocenters. The summed E-state index contributed by atoms with van der Waals surface area (Å²) < 4.78 is 0. The molecule has 0 saturated heterocycles. The van der Waals surface area contributed by atoms with E-state index in [1.54, 1.807) is 6.08 Å². The highest BCUT2D eigenvalue weighted by molar-refractivity contribution is 5.76. The SMILES string of the molecule is C/C=C/CC/C=C/CC/C=C/C(O)C(CO)NC(=O)CCCCCCCCCCCCCCCCCCCCCCCCCCCCCCCCCCCC. The summed E-state index contributed by atoms with van der Waals surface area (Å²) in [6.07, 6.45) is 63.3. The standard InChI is InChI=1S/C51H97NO3/c1-3-5-7-9-11-13-14-15-16-17-18-19-20-21-22-23-24-25-26-27-28-29-30-31-32-33-34-35-36-37-39-41-43-45-47-51(55)52-49(48-53)50(54)46-44-42-40-38-12-10-8-6-4-2/h4,6,12,38,44,46,49-50,53-54H,3,5,7-11,13-37,39-43,45,47-48H2,1-2H3,(H,52,55)/b6-4+,38-12+,46-44+. The second kappa shape index (κ2) is 47.0. The van der Waals surface area contributed by atoms with Gasteiger partial charge in [-0.05, 0) is 39.0 Å². The number of rotatable bonds is 45. The zero-order valence-electron chi connectivity index (χ0n) is 37.2. The first-order chi connectivity index (χ1) is 27.2. The third kappa shape index (κ3) is 43.6. The monoisotopic (exact) mass is 772 g/mol. The van der Waals surface area contributed by atoms with Crippen molar-refractivity contribution in [1.82, 2.24) is 5.32 Å². The second-order valence-corrected chi connectivity index (χ2v) is 16.9. The fraction of sp³-hybridized carbons (Fsp3) is 0.863. The summed E-state index contributed by atoms with van der Waals surface area (Å²) in [6.45, 7) is 4.08. The van der Waals surface area contributed by atoms with Crippen molar-refractivity contribution < 1.29 is 15.0 Å². The van der Waals surface area contributed by atoms with Crippen LogP contribution >= 0.6 is 0 Å². The summed E-state index contributed by atoms with van der Waals surface area (Å²) in [5.74, 6) is -0.0774. The molecule has 0 aromatic rings. The van der Waals surface area contributed by atoms with Crippen LogP contribution in [0.5, 0.6) is 0 Å². The highest BCUT2D eigenvalue weighted by Crippen LogP contribution is 2.17. The van der Waals surface area contributed by atoms with Crippen LogP contribution in [0.2, 0.25) is 0 Å².